The van der Waals surface area contributed by atoms with Gasteiger partial charge in [-0.3, -0.25) is 14.9 Å². The zero-order valence-corrected chi connectivity index (χ0v) is 16.2. The van der Waals surface area contributed by atoms with Crippen molar-refractivity contribution in [3.05, 3.63) is 75.8 Å². The van der Waals surface area contributed by atoms with E-state index >= 15 is 0 Å². The predicted octanol–water partition coefficient (Wildman–Crippen LogP) is 4.93. The molecule has 0 radical (unpaired) electrons. The summed E-state index contributed by atoms with van der Waals surface area (Å²) < 4.78 is 0. The largest absolute Gasteiger partial charge is 0.326 e. The summed E-state index contributed by atoms with van der Waals surface area (Å²) in [5, 5.41) is 8.57. The first-order valence-corrected chi connectivity index (χ1v) is 9.64. The van der Waals surface area contributed by atoms with Gasteiger partial charge in [-0.05, 0) is 43.2 Å². The second kappa shape index (κ2) is 8.79. The van der Waals surface area contributed by atoms with Gasteiger partial charge in [-0.15, -0.1) is 11.3 Å². The lowest BCUT2D eigenvalue weighted by Gasteiger charge is -2.06. The summed E-state index contributed by atoms with van der Waals surface area (Å²) in [4.78, 5) is 28.6. The van der Waals surface area contributed by atoms with Gasteiger partial charge in [-0.2, -0.15) is 0 Å². The van der Waals surface area contributed by atoms with Gasteiger partial charge in [0.15, 0.2) is 5.13 Å². The van der Waals surface area contributed by atoms with Gasteiger partial charge in [-0.1, -0.05) is 35.9 Å². The van der Waals surface area contributed by atoms with Gasteiger partial charge < -0.3 is 5.32 Å². The summed E-state index contributed by atoms with van der Waals surface area (Å²) in [5.74, 6) is -0.316. The van der Waals surface area contributed by atoms with E-state index in [4.69, 9.17) is 11.6 Å². The fraction of sp³-hybridized carbons (Fsp3) is 0.150. The van der Waals surface area contributed by atoms with Crippen molar-refractivity contribution < 1.29 is 9.59 Å². The molecule has 5 nitrogen and oxygen atoms in total. The summed E-state index contributed by atoms with van der Waals surface area (Å²) in [6.07, 6.45) is 0.782. The number of aromatic nitrogens is 1. The molecule has 2 aromatic carbocycles. The smallest absolute Gasteiger partial charge is 0.257 e. The van der Waals surface area contributed by atoms with E-state index in [1.165, 1.54) is 11.3 Å². The molecule has 0 unspecified atom stereocenters. The van der Waals surface area contributed by atoms with E-state index in [0.29, 0.717) is 34.2 Å². The second-order valence-electron chi connectivity index (χ2n) is 5.98. The summed E-state index contributed by atoms with van der Waals surface area (Å²) in [6, 6.07) is 14.4. The maximum atomic E-state index is 12.1. The molecular weight excluding hydrogens is 382 g/mol. The number of benzene rings is 2. The van der Waals surface area contributed by atoms with Crippen LogP contribution in [0.1, 0.15) is 28.0 Å². The van der Waals surface area contributed by atoms with Crippen molar-refractivity contribution in [1.29, 1.82) is 0 Å². The topological polar surface area (TPSA) is 71.1 Å². The average molecular weight is 400 g/mol. The minimum absolute atomic E-state index is 0.113. The fourth-order valence-electron chi connectivity index (χ4n) is 2.37. The van der Waals surface area contributed by atoms with Crippen molar-refractivity contribution >= 4 is 45.6 Å². The fourth-order valence-corrected chi connectivity index (χ4v) is 3.29. The van der Waals surface area contributed by atoms with E-state index < -0.39 is 0 Å². The number of halogens is 1. The molecule has 0 aliphatic rings. The molecule has 3 rings (SSSR count). The number of nitrogens with one attached hydrogen (secondary N) is 2. The van der Waals surface area contributed by atoms with Crippen molar-refractivity contribution in [2.24, 2.45) is 0 Å². The maximum Gasteiger partial charge on any atom is 0.257 e. The Hall–Kier alpha value is -2.70. The van der Waals surface area contributed by atoms with Crippen molar-refractivity contribution in [2.45, 2.75) is 19.8 Å². The number of nitrogens with zero attached hydrogens (tertiary/aromatic N) is 1. The normalized spacial score (nSPS) is 10.4. The number of rotatable bonds is 6. The number of hydrogen-bond donors (Lipinski definition) is 2. The number of carbonyl (C=O) groups excluding carboxylic acids is 2. The lowest BCUT2D eigenvalue weighted by Crippen LogP contribution is -2.13. The quantitative estimate of drug-likeness (QED) is 0.617. The van der Waals surface area contributed by atoms with Crippen LogP contribution in [-0.4, -0.2) is 16.8 Å². The summed E-state index contributed by atoms with van der Waals surface area (Å²) in [5.41, 5.74) is 2.97. The van der Waals surface area contributed by atoms with Crippen LogP contribution in [0.4, 0.5) is 10.8 Å². The van der Waals surface area contributed by atoms with Crippen LogP contribution in [0.5, 0.6) is 0 Å². The Morgan fingerprint density at radius 1 is 1.11 bits per heavy atom. The molecule has 0 atom stereocenters. The first-order chi connectivity index (χ1) is 13.0. The van der Waals surface area contributed by atoms with Gasteiger partial charge in [0, 0.05) is 28.1 Å². The van der Waals surface area contributed by atoms with Gasteiger partial charge in [0.2, 0.25) is 5.91 Å². The molecule has 2 amide bonds. The van der Waals surface area contributed by atoms with Crippen LogP contribution >= 0.6 is 22.9 Å². The molecule has 0 fully saturated rings. The van der Waals surface area contributed by atoms with E-state index in [1.54, 1.807) is 18.2 Å². The second-order valence-corrected chi connectivity index (χ2v) is 7.24. The third-order valence-electron chi connectivity index (χ3n) is 3.87. The highest BCUT2D eigenvalue weighted by atomic mass is 35.5. The van der Waals surface area contributed by atoms with Crippen LogP contribution in [0.25, 0.3) is 0 Å². The molecule has 138 valence electrons. The van der Waals surface area contributed by atoms with Gasteiger partial charge in [0.05, 0.1) is 5.69 Å². The first kappa shape index (κ1) is 19.1. The third kappa shape index (κ3) is 5.39. The average Bonchev–Trinajstić information content (AvgIpc) is 3.11. The van der Waals surface area contributed by atoms with E-state index in [2.05, 4.69) is 15.6 Å². The zero-order valence-electron chi connectivity index (χ0n) is 14.7. The van der Waals surface area contributed by atoms with E-state index in [-0.39, 0.29) is 11.8 Å². The Balaban J connectivity index is 1.51. The lowest BCUT2D eigenvalue weighted by molar-refractivity contribution is -0.116. The molecule has 0 spiro atoms. The molecule has 0 saturated carbocycles. The van der Waals surface area contributed by atoms with Crippen molar-refractivity contribution in [2.75, 3.05) is 10.6 Å². The molecule has 0 bridgehead atoms. The number of carbonyl (C=O) groups is 2. The summed E-state index contributed by atoms with van der Waals surface area (Å²) in [6.45, 7) is 1.91. The minimum Gasteiger partial charge on any atom is -0.326 e. The molecule has 2 N–H and O–H groups in total. The van der Waals surface area contributed by atoms with Gasteiger partial charge in [-0.25, -0.2) is 4.98 Å². The number of hydrogen-bond acceptors (Lipinski definition) is 4. The molecule has 0 aliphatic heterocycles. The molecule has 7 heteroatoms. The van der Waals surface area contributed by atoms with Crippen LogP contribution < -0.4 is 10.6 Å². The van der Waals surface area contributed by atoms with Crippen LogP contribution in [0.3, 0.4) is 0 Å². The Morgan fingerprint density at radius 3 is 2.63 bits per heavy atom. The first-order valence-electron chi connectivity index (χ1n) is 8.38. The molecule has 27 heavy (non-hydrogen) atoms. The molecule has 1 aromatic heterocycles. The number of thiazole rings is 1. The SMILES string of the molecule is Cc1ccc(NC(=O)CCc2csc(NC(=O)c3ccccc3)n2)cc1Cl. The molecule has 1 heterocycles. The van der Waals surface area contributed by atoms with Gasteiger partial charge in [0.1, 0.15) is 0 Å². The maximum absolute atomic E-state index is 12.1. The van der Waals surface area contributed by atoms with Gasteiger partial charge in [0.25, 0.3) is 5.91 Å². The van der Waals surface area contributed by atoms with Crippen molar-refractivity contribution in [3.8, 4) is 0 Å². The minimum atomic E-state index is -0.203. The molecular formula is C20H18ClN3O2S. The number of anilines is 2. The molecule has 0 aliphatic carbocycles. The van der Waals surface area contributed by atoms with Crippen molar-refractivity contribution in [3.63, 3.8) is 0 Å². The highest BCUT2D eigenvalue weighted by molar-refractivity contribution is 7.14. The Labute approximate surface area is 166 Å². The lowest BCUT2D eigenvalue weighted by atomic mass is 10.2. The molecule has 3 aromatic rings. The van der Waals surface area contributed by atoms with Crippen LogP contribution in [0.2, 0.25) is 5.02 Å². The highest BCUT2D eigenvalue weighted by Crippen LogP contribution is 2.21. The zero-order chi connectivity index (χ0) is 19.2. The number of aryl methyl sites for hydroxylation is 2. The van der Waals surface area contributed by atoms with Gasteiger partial charge >= 0.3 is 0 Å². The highest BCUT2D eigenvalue weighted by Gasteiger charge is 2.10. The standard InChI is InChI=1S/C20H18ClN3O2S/c1-13-7-8-15(11-17(13)21)22-18(25)10-9-16-12-27-20(23-16)24-19(26)14-5-3-2-4-6-14/h2-8,11-12H,9-10H2,1H3,(H,22,25)(H,23,24,26). The summed E-state index contributed by atoms with van der Waals surface area (Å²) >= 11 is 7.40. The van der Waals surface area contributed by atoms with E-state index in [9.17, 15) is 9.59 Å². The van der Waals surface area contributed by atoms with Crippen LogP contribution in [0.15, 0.2) is 53.9 Å². The molecule has 0 saturated heterocycles. The summed E-state index contributed by atoms with van der Waals surface area (Å²) in [7, 11) is 0. The van der Waals surface area contributed by atoms with Crippen molar-refractivity contribution in [1.82, 2.24) is 4.98 Å². The van der Waals surface area contributed by atoms with Crippen LogP contribution in [-0.2, 0) is 11.2 Å². The van der Waals surface area contributed by atoms with Crippen LogP contribution in [0, 0.1) is 6.92 Å². The Bertz CT molecular complexity index is 957. The Kier molecular flexibility index (Phi) is 6.21. The number of amides is 2. The van der Waals surface area contributed by atoms with E-state index in [0.717, 1.165) is 11.3 Å². The third-order valence-corrected chi connectivity index (χ3v) is 5.09. The Morgan fingerprint density at radius 2 is 1.89 bits per heavy atom. The van der Waals surface area contributed by atoms with E-state index in [1.807, 2.05) is 42.6 Å². The predicted molar refractivity (Wildman–Crippen MR) is 110 cm³/mol. The monoisotopic (exact) mass is 399 g/mol.